The summed E-state index contributed by atoms with van der Waals surface area (Å²) >= 11 is 0. The van der Waals surface area contributed by atoms with Gasteiger partial charge in [0.25, 0.3) is 0 Å². The minimum atomic E-state index is -4.39. The predicted molar refractivity (Wildman–Crippen MR) is 118 cm³/mol. The highest BCUT2D eigenvalue weighted by atomic mass is 19.4. The number of carbonyl (C=O) groups excluding carboxylic acids is 1. The predicted octanol–water partition coefficient (Wildman–Crippen LogP) is 4.16. The van der Waals surface area contributed by atoms with Crippen molar-refractivity contribution in [1.29, 1.82) is 0 Å². The first kappa shape index (κ1) is 29.5. The summed E-state index contributed by atoms with van der Waals surface area (Å²) in [7, 11) is 0. The van der Waals surface area contributed by atoms with Crippen LogP contribution in [0.1, 0.15) is 32.8 Å². The lowest BCUT2D eigenvalue weighted by atomic mass is 10.1. The number of nitrogens with zero attached hydrogens (tertiary/aromatic N) is 1. The molecule has 34 heavy (non-hydrogen) atoms. The van der Waals surface area contributed by atoms with Crippen LogP contribution in [0.15, 0.2) is 24.3 Å². The van der Waals surface area contributed by atoms with Crippen molar-refractivity contribution in [2.75, 3.05) is 46.1 Å². The van der Waals surface area contributed by atoms with Gasteiger partial charge in [0.1, 0.15) is 19.0 Å². The van der Waals surface area contributed by atoms with Gasteiger partial charge >= 0.3 is 18.2 Å². The third kappa shape index (κ3) is 13.2. The molecule has 0 saturated carbocycles. The number of halogens is 3. The van der Waals surface area contributed by atoms with E-state index in [1.165, 1.54) is 4.90 Å². The van der Waals surface area contributed by atoms with E-state index in [1.54, 1.807) is 31.2 Å². The first-order chi connectivity index (χ1) is 16.0. The maximum absolute atomic E-state index is 12.3. The van der Waals surface area contributed by atoms with Crippen molar-refractivity contribution >= 4 is 12.1 Å². The van der Waals surface area contributed by atoms with Gasteiger partial charge in [-0.2, -0.15) is 13.2 Å². The monoisotopic (exact) mass is 493 g/mol. The van der Waals surface area contributed by atoms with E-state index in [0.29, 0.717) is 12.4 Å². The molecular formula is C23H34F3NO7. The Kier molecular flexibility index (Phi) is 13.4. The number of aliphatic carboxylic acids is 1. The lowest BCUT2D eigenvalue weighted by molar-refractivity contribution is -0.174. The Bertz CT molecular complexity index is 726. The summed E-state index contributed by atoms with van der Waals surface area (Å²) in [5.41, 5.74) is 0.769. The highest BCUT2D eigenvalue weighted by Crippen LogP contribution is 2.16. The molecule has 1 atom stereocenters. The maximum atomic E-state index is 12.3. The van der Waals surface area contributed by atoms with Gasteiger partial charge in [-0.3, -0.25) is 0 Å². The molecule has 0 radical (unpaired) electrons. The summed E-state index contributed by atoms with van der Waals surface area (Å²) in [5.74, 6) is -0.370. The van der Waals surface area contributed by atoms with Gasteiger partial charge in [-0.05, 0) is 37.0 Å². The average Bonchev–Trinajstić information content (AvgIpc) is 2.76. The van der Waals surface area contributed by atoms with Crippen LogP contribution in [0.25, 0.3) is 0 Å². The van der Waals surface area contributed by atoms with Crippen LogP contribution >= 0.6 is 0 Å². The molecule has 11 heteroatoms. The number of amides is 1. The van der Waals surface area contributed by atoms with E-state index in [1.807, 2.05) is 13.8 Å². The molecule has 0 aliphatic rings. The first-order valence-corrected chi connectivity index (χ1v) is 11.1. The summed E-state index contributed by atoms with van der Waals surface area (Å²) < 4.78 is 57.2. The van der Waals surface area contributed by atoms with E-state index < -0.39 is 30.9 Å². The molecule has 1 unspecified atom stereocenters. The van der Waals surface area contributed by atoms with Crippen LogP contribution < -0.4 is 4.74 Å². The molecule has 0 aliphatic heterocycles. The second kappa shape index (κ2) is 15.4. The summed E-state index contributed by atoms with van der Waals surface area (Å²) in [6.07, 6.45) is -5.46. The molecule has 194 valence electrons. The van der Waals surface area contributed by atoms with Crippen LogP contribution in [-0.2, 0) is 25.4 Å². The van der Waals surface area contributed by atoms with Gasteiger partial charge in [-0.15, -0.1) is 0 Å². The number of hydrogen-bond acceptors (Lipinski definition) is 6. The standard InChI is InChI=1S/C23H34F3NO7/c1-4-32-20(21(28)29)14-18-6-8-19(9-7-18)33-13-11-27(22(30)34-15-17(2)3)10-5-12-31-16-23(24,25)26/h6-9,17,20H,4-5,10-16H2,1-3H3,(H,28,29). The highest BCUT2D eigenvalue weighted by molar-refractivity contribution is 5.72. The zero-order valence-electron chi connectivity index (χ0n) is 19.8. The van der Waals surface area contributed by atoms with E-state index in [4.69, 9.17) is 14.2 Å². The van der Waals surface area contributed by atoms with Crippen LogP contribution in [0.2, 0.25) is 0 Å². The van der Waals surface area contributed by atoms with Crippen LogP contribution in [0, 0.1) is 5.92 Å². The highest BCUT2D eigenvalue weighted by Gasteiger charge is 2.27. The van der Waals surface area contributed by atoms with Gasteiger partial charge in [-0.1, -0.05) is 26.0 Å². The average molecular weight is 494 g/mol. The topological polar surface area (TPSA) is 94.5 Å². The third-order valence-electron chi connectivity index (χ3n) is 4.40. The zero-order chi connectivity index (χ0) is 25.6. The second-order valence-corrected chi connectivity index (χ2v) is 7.96. The lowest BCUT2D eigenvalue weighted by Gasteiger charge is -2.23. The minimum absolute atomic E-state index is 0.135. The first-order valence-electron chi connectivity index (χ1n) is 11.1. The Hall–Kier alpha value is -2.53. The van der Waals surface area contributed by atoms with E-state index in [2.05, 4.69) is 4.74 Å². The van der Waals surface area contributed by atoms with Crippen molar-refractivity contribution < 1.29 is 46.8 Å². The molecule has 0 fully saturated rings. The SMILES string of the molecule is CCOC(Cc1ccc(OCCN(CCCOCC(F)(F)F)C(=O)OCC(C)C)cc1)C(=O)O. The van der Waals surface area contributed by atoms with E-state index in [0.717, 1.165) is 5.56 Å². The van der Waals surface area contributed by atoms with Crippen LogP contribution in [0.5, 0.6) is 5.75 Å². The Morgan fingerprint density at radius 3 is 2.32 bits per heavy atom. The molecule has 1 rings (SSSR count). The summed E-state index contributed by atoms with van der Waals surface area (Å²) in [6.45, 7) is 5.01. The quantitative estimate of drug-likeness (QED) is 0.346. The van der Waals surface area contributed by atoms with Crippen molar-refractivity contribution in [3.05, 3.63) is 29.8 Å². The Morgan fingerprint density at radius 2 is 1.76 bits per heavy atom. The lowest BCUT2D eigenvalue weighted by Crippen LogP contribution is -2.37. The fourth-order valence-corrected chi connectivity index (χ4v) is 2.80. The van der Waals surface area contributed by atoms with Crippen LogP contribution in [-0.4, -0.2) is 80.5 Å². The fraction of sp³-hybridized carbons (Fsp3) is 0.652. The van der Waals surface area contributed by atoms with Crippen molar-refractivity contribution in [3.8, 4) is 5.75 Å². The molecule has 0 aromatic heterocycles. The molecule has 1 amide bonds. The van der Waals surface area contributed by atoms with Crippen molar-refractivity contribution in [3.63, 3.8) is 0 Å². The third-order valence-corrected chi connectivity index (χ3v) is 4.40. The zero-order valence-corrected chi connectivity index (χ0v) is 19.8. The largest absolute Gasteiger partial charge is 0.492 e. The molecular weight excluding hydrogens is 459 g/mol. The molecule has 0 aliphatic carbocycles. The number of carbonyl (C=O) groups is 2. The van der Waals surface area contributed by atoms with Gasteiger partial charge < -0.3 is 29.0 Å². The van der Waals surface area contributed by atoms with Crippen LogP contribution in [0.3, 0.4) is 0 Å². The Morgan fingerprint density at radius 1 is 1.09 bits per heavy atom. The fourth-order valence-electron chi connectivity index (χ4n) is 2.80. The second-order valence-electron chi connectivity index (χ2n) is 7.96. The molecule has 0 bridgehead atoms. The van der Waals surface area contributed by atoms with Gasteiger partial charge in [-0.25, -0.2) is 9.59 Å². The number of hydrogen-bond donors (Lipinski definition) is 1. The number of ether oxygens (including phenoxy) is 4. The molecule has 8 nitrogen and oxygen atoms in total. The number of alkyl halides is 3. The van der Waals surface area contributed by atoms with Crippen molar-refractivity contribution in [2.45, 2.75) is 45.9 Å². The van der Waals surface area contributed by atoms with Gasteiger partial charge in [0.2, 0.25) is 0 Å². The number of benzene rings is 1. The number of carboxylic acids is 1. The number of rotatable bonds is 16. The molecule has 1 aromatic rings. The smallest absolute Gasteiger partial charge is 0.411 e. The Labute approximate surface area is 197 Å². The van der Waals surface area contributed by atoms with E-state index in [9.17, 15) is 27.9 Å². The summed E-state index contributed by atoms with van der Waals surface area (Å²) in [4.78, 5) is 24.9. The van der Waals surface area contributed by atoms with Gasteiger partial charge in [0, 0.05) is 26.2 Å². The normalized spacial score (nSPS) is 12.4. The van der Waals surface area contributed by atoms with Gasteiger partial charge in [0.15, 0.2) is 6.10 Å². The number of carboxylic acid groups (broad SMARTS) is 1. The molecule has 0 heterocycles. The van der Waals surface area contributed by atoms with E-state index >= 15 is 0 Å². The molecule has 0 spiro atoms. The molecule has 1 N–H and O–H groups in total. The van der Waals surface area contributed by atoms with Crippen LogP contribution in [0.4, 0.5) is 18.0 Å². The van der Waals surface area contributed by atoms with Crippen molar-refractivity contribution in [2.24, 2.45) is 5.92 Å². The minimum Gasteiger partial charge on any atom is -0.492 e. The summed E-state index contributed by atoms with van der Waals surface area (Å²) in [5, 5.41) is 9.18. The molecule has 0 saturated heterocycles. The van der Waals surface area contributed by atoms with Gasteiger partial charge in [0.05, 0.1) is 13.2 Å². The molecule has 1 aromatic carbocycles. The van der Waals surface area contributed by atoms with Crippen molar-refractivity contribution in [1.82, 2.24) is 4.90 Å². The summed E-state index contributed by atoms with van der Waals surface area (Å²) in [6, 6.07) is 6.84. The Balaban J connectivity index is 2.55. The van der Waals surface area contributed by atoms with E-state index in [-0.39, 0.29) is 51.7 Å². The maximum Gasteiger partial charge on any atom is 0.411 e.